The maximum absolute atomic E-state index is 13.9. The summed E-state index contributed by atoms with van der Waals surface area (Å²) in [7, 11) is 0. The number of benzene rings is 2. The summed E-state index contributed by atoms with van der Waals surface area (Å²) >= 11 is 6.23. The van der Waals surface area contributed by atoms with Gasteiger partial charge in [-0.1, -0.05) is 61.3 Å². The molecule has 1 aromatic heterocycles. The number of amides is 1. The molecule has 7 nitrogen and oxygen atoms in total. The van der Waals surface area contributed by atoms with Crippen LogP contribution >= 0.6 is 11.6 Å². The Labute approximate surface area is 226 Å². The molecule has 1 heterocycles. The third-order valence-electron chi connectivity index (χ3n) is 6.66. The number of nitrogens with zero attached hydrogens (tertiary/aromatic N) is 1. The van der Waals surface area contributed by atoms with Gasteiger partial charge in [-0.2, -0.15) is 0 Å². The fraction of sp³-hybridized carbons (Fsp3) is 0.333. The fourth-order valence-corrected chi connectivity index (χ4v) is 5.02. The van der Waals surface area contributed by atoms with E-state index in [1.54, 1.807) is 31.2 Å². The van der Waals surface area contributed by atoms with Crippen LogP contribution in [0, 0.1) is 12.3 Å². The Hall–Kier alpha value is -3.71. The maximum atomic E-state index is 13.9. The van der Waals surface area contributed by atoms with Crippen LogP contribution in [0.25, 0.3) is 5.69 Å². The summed E-state index contributed by atoms with van der Waals surface area (Å²) in [6, 6.07) is 14.8. The van der Waals surface area contributed by atoms with Crippen LogP contribution in [0.15, 0.2) is 59.4 Å². The van der Waals surface area contributed by atoms with E-state index in [0.29, 0.717) is 40.4 Å². The van der Waals surface area contributed by atoms with Crippen LogP contribution in [0.4, 0.5) is 0 Å². The summed E-state index contributed by atoms with van der Waals surface area (Å²) in [5.41, 5.74) is 1.99. The number of Topliss-reactive ketones (excluding diaryl/α,β-unsaturated/α-hetero) is 1. The molecule has 0 spiro atoms. The second kappa shape index (κ2) is 11.0. The smallest absolute Gasteiger partial charge is 0.308 e. The van der Waals surface area contributed by atoms with Gasteiger partial charge in [-0.15, -0.1) is 0 Å². The summed E-state index contributed by atoms with van der Waals surface area (Å²) < 4.78 is 6.53. The summed E-state index contributed by atoms with van der Waals surface area (Å²) in [5, 5.41) is 3.26. The normalized spacial score (nSPS) is 14.9. The van der Waals surface area contributed by atoms with Crippen LogP contribution in [0.5, 0.6) is 0 Å². The first-order valence-electron chi connectivity index (χ1n) is 12.6. The lowest BCUT2D eigenvalue weighted by Gasteiger charge is -2.32. The number of hydrogen-bond donors (Lipinski definition) is 1. The van der Waals surface area contributed by atoms with Crippen molar-refractivity contribution in [3.8, 4) is 5.69 Å². The summed E-state index contributed by atoms with van der Waals surface area (Å²) in [5.74, 6) is -1.29. The van der Waals surface area contributed by atoms with Crippen LogP contribution in [0.2, 0.25) is 5.02 Å². The van der Waals surface area contributed by atoms with Crippen molar-refractivity contribution in [1.29, 1.82) is 0 Å². The number of halogens is 1. The highest BCUT2D eigenvalue weighted by Crippen LogP contribution is 2.35. The third kappa shape index (κ3) is 5.89. The SMILES string of the molecule is CCOC(=O)CC(NC(=O)c1cc2c(n(-c3cccc(Cl)c3)c1=O)CC(C)(C)CC2=O)c1ccc(C)cc1. The zero-order valence-electron chi connectivity index (χ0n) is 22.0. The van der Waals surface area contributed by atoms with E-state index in [4.69, 9.17) is 16.3 Å². The van der Waals surface area contributed by atoms with Gasteiger partial charge in [0.15, 0.2) is 5.78 Å². The van der Waals surface area contributed by atoms with Crippen molar-refractivity contribution in [3.63, 3.8) is 0 Å². The van der Waals surface area contributed by atoms with Crippen LogP contribution < -0.4 is 10.9 Å². The van der Waals surface area contributed by atoms with Crippen molar-refractivity contribution in [2.24, 2.45) is 5.41 Å². The minimum atomic E-state index is -0.730. The van der Waals surface area contributed by atoms with Crippen molar-refractivity contribution in [1.82, 2.24) is 9.88 Å². The van der Waals surface area contributed by atoms with Crippen molar-refractivity contribution in [3.05, 3.63) is 97.9 Å². The van der Waals surface area contributed by atoms with Crippen molar-refractivity contribution in [2.75, 3.05) is 6.61 Å². The first-order valence-corrected chi connectivity index (χ1v) is 13.0. The molecule has 0 saturated heterocycles. The topological polar surface area (TPSA) is 94.5 Å². The molecule has 1 aliphatic rings. The van der Waals surface area contributed by atoms with Crippen LogP contribution in [0.3, 0.4) is 0 Å². The Morgan fingerprint density at radius 2 is 1.79 bits per heavy atom. The number of rotatable bonds is 7. The zero-order valence-corrected chi connectivity index (χ0v) is 22.7. The van der Waals surface area contributed by atoms with E-state index in [2.05, 4.69) is 5.32 Å². The molecule has 1 aliphatic carbocycles. The zero-order chi connectivity index (χ0) is 27.6. The molecule has 0 radical (unpaired) electrons. The molecule has 1 atom stereocenters. The Morgan fingerprint density at radius 3 is 2.45 bits per heavy atom. The molecule has 2 aromatic carbocycles. The highest BCUT2D eigenvalue weighted by Gasteiger charge is 2.35. The summed E-state index contributed by atoms with van der Waals surface area (Å²) in [6.45, 7) is 7.81. The average molecular weight is 535 g/mol. The number of carbonyl (C=O) groups is 3. The second-order valence-electron chi connectivity index (χ2n) is 10.4. The van der Waals surface area contributed by atoms with Crippen LogP contribution in [-0.2, 0) is 16.0 Å². The van der Waals surface area contributed by atoms with Gasteiger partial charge < -0.3 is 10.1 Å². The molecular weight excluding hydrogens is 504 g/mol. The Balaban J connectivity index is 1.82. The quantitative estimate of drug-likeness (QED) is 0.411. The number of hydrogen-bond acceptors (Lipinski definition) is 5. The molecule has 1 amide bonds. The lowest BCUT2D eigenvalue weighted by atomic mass is 9.75. The average Bonchev–Trinajstić information content (AvgIpc) is 2.83. The van der Waals surface area contributed by atoms with Gasteiger partial charge in [-0.05, 0) is 55.5 Å². The number of aromatic nitrogens is 1. The van der Waals surface area contributed by atoms with Gasteiger partial charge in [0.1, 0.15) is 5.56 Å². The summed E-state index contributed by atoms with van der Waals surface area (Å²) in [4.78, 5) is 53.0. The van der Waals surface area contributed by atoms with E-state index in [-0.39, 0.29) is 29.8 Å². The van der Waals surface area contributed by atoms with Gasteiger partial charge in [0, 0.05) is 22.7 Å². The molecule has 198 valence electrons. The maximum Gasteiger partial charge on any atom is 0.308 e. The lowest BCUT2D eigenvalue weighted by Crippen LogP contribution is -2.40. The van der Waals surface area contributed by atoms with E-state index >= 15 is 0 Å². The lowest BCUT2D eigenvalue weighted by molar-refractivity contribution is -0.143. The molecule has 1 N–H and O–H groups in total. The van der Waals surface area contributed by atoms with Gasteiger partial charge in [0.25, 0.3) is 11.5 Å². The Bertz CT molecular complexity index is 1460. The molecule has 0 bridgehead atoms. The monoisotopic (exact) mass is 534 g/mol. The van der Waals surface area contributed by atoms with Crippen LogP contribution in [0.1, 0.15) is 77.2 Å². The van der Waals surface area contributed by atoms with E-state index < -0.39 is 23.5 Å². The fourth-order valence-electron chi connectivity index (χ4n) is 4.84. The van der Waals surface area contributed by atoms with E-state index in [1.807, 2.05) is 45.0 Å². The van der Waals surface area contributed by atoms with Crippen molar-refractivity contribution >= 4 is 29.3 Å². The van der Waals surface area contributed by atoms with Gasteiger partial charge >= 0.3 is 5.97 Å². The molecule has 8 heteroatoms. The third-order valence-corrected chi connectivity index (χ3v) is 6.90. The molecule has 0 saturated carbocycles. The number of ketones is 1. The highest BCUT2D eigenvalue weighted by atomic mass is 35.5. The second-order valence-corrected chi connectivity index (χ2v) is 10.9. The minimum absolute atomic E-state index is 0.108. The number of nitrogens with one attached hydrogen (secondary N) is 1. The van der Waals surface area contributed by atoms with E-state index in [1.165, 1.54) is 10.6 Å². The molecule has 0 aliphatic heterocycles. The van der Waals surface area contributed by atoms with Gasteiger partial charge in [0.05, 0.1) is 24.8 Å². The van der Waals surface area contributed by atoms with E-state index in [9.17, 15) is 19.2 Å². The molecular formula is C30H31ClN2O5. The molecule has 0 fully saturated rings. The van der Waals surface area contributed by atoms with E-state index in [0.717, 1.165) is 5.56 Å². The standard InChI is InChI=1S/C30H31ClN2O5/c1-5-38-27(35)15-24(19-11-9-18(2)10-12-19)32-28(36)23-14-22-25(16-30(3,4)17-26(22)34)33(29(23)37)21-8-6-7-20(31)13-21/h6-14,24H,5,15-17H2,1-4H3,(H,32,36). The number of carbonyl (C=O) groups excluding carboxylic acids is 3. The first kappa shape index (κ1) is 27.3. The highest BCUT2D eigenvalue weighted by molar-refractivity contribution is 6.30. The molecule has 38 heavy (non-hydrogen) atoms. The Kier molecular flexibility index (Phi) is 7.88. The number of aryl methyl sites for hydroxylation is 1. The minimum Gasteiger partial charge on any atom is -0.466 e. The predicted molar refractivity (Wildman–Crippen MR) is 146 cm³/mol. The number of pyridine rings is 1. The van der Waals surface area contributed by atoms with Gasteiger partial charge in [0.2, 0.25) is 0 Å². The number of esters is 1. The first-order chi connectivity index (χ1) is 18.0. The van der Waals surface area contributed by atoms with Gasteiger partial charge in [-0.3, -0.25) is 23.7 Å². The predicted octanol–water partition coefficient (Wildman–Crippen LogP) is 5.38. The number of fused-ring (bicyclic) bond motifs is 1. The van der Waals surface area contributed by atoms with Gasteiger partial charge in [-0.25, -0.2) is 0 Å². The molecule has 4 rings (SSSR count). The summed E-state index contributed by atoms with van der Waals surface area (Å²) in [6.07, 6.45) is 0.666. The largest absolute Gasteiger partial charge is 0.466 e. The molecule has 1 unspecified atom stereocenters. The van der Waals surface area contributed by atoms with Crippen molar-refractivity contribution in [2.45, 2.75) is 53.0 Å². The van der Waals surface area contributed by atoms with Crippen LogP contribution in [-0.4, -0.2) is 28.8 Å². The van der Waals surface area contributed by atoms with Crippen molar-refractivity contribution < 1.29 is 19.1 Å². The number of ether oxygens (including phenoxy) is 1. The molecule has 3 aromatic rings. The Morgan fingerprint density at radius 1 is 1.08 bits per heavy atom.